The van der Waals surface area contributed by atoms with Crippen molar-refractivity contribution in [2.75, 3.05) is 25.9 Å². The fraction of sp³-hybridized carbons (Fsp3) is 0.200. The SMILES string of the molecule is COc1ccc(C(=O)N(C)C)cc1S(=O)(=O)Nc1cccnc1. The molecule has 0 aliphatic heterocycles. The molecule has 0 saturated heterocycles. The molecule has 0 radical (unpaired) electrons. The molecule has 7 nitrogen and oxygen atoms in total. The summed E-state index contributed by atoms with van der Waals surface area (Å²) in [6.07, 6.45) is 2.92. The Morgan fingerprint density at radius 3 is 2.57 bits per heavy atom. The highest BCUT2D eigenvalue weighted by atomic mass is 32.2. The first-order chi connectivity index (χ1) is 10.8. The van der Waals surface area contributed by atoms with Crippen LogP contribution in [0.15, 0.2) is 47.6 Å². The van der Waals surface area contributed by atoms with E-state index in [0.29, 0.717) is 5.69 Å². The number of anilines is 1. The number of carbonyl (C=O) groups is 1. The van der Waals surface area contributed by atoms with Crippen LogP contribution in [0.3, 0.4) is 0 Å². The lowest BCUT2D eigenvalue weighted by molar-refractivity contribution is 0.0827. The van der Waals surface area contributed by atoms with Gasteiger partial charge in [-0.2, -0.15) is 0 Å². The van der Waals surface area contributed by atoms with E-state index in [4.69, 9.17) is 4.74 Å². The minimum atomic E-state index is -3.92. The molecule has 0 atom stereocenters. The van der Waals surface area contributed by atoms with E-state index in [-0.39, 0.29) is 22.1 Å². The van der Waals surface area contributed by atoms with Gasteiger partial charge in [0.05, 0.1) is 19.0 Å². The minimum Gasteiger partial charge on any atom is -0.495 e. The molecule has 0 unspecified atom stereocenters. The van der Waals surface area contributed by atoms with Crippen LogP contribution in [0.2, 0.25) is 0 Å². The lowest BCUT2D eigenvalue weighted by Crippen LogP contribution is -2.22. The Labute approximate surface area is 135 Å². The molecule has 0 aliphatic carbocycles. The summed E-state index contributed by atoms with van der Waals surface area (Å²) in [5.74, 6) is -0.151. The third-order valence-corrected chi connectivity index (χ3v) is 4.42. The van der Waals surface area contributed by atoms with Crippen molar-refractivity contribution in [1.29, 1.82) is 0 Å². The molecule has 23 heavy (non-hydrogen) atoms. The number of nitrogens with one attached hydrogen (secondary N) is 1. The average Bonchev–Trinajstić information content (AvgIpc) is 2.54. The predicted octanol–water partition coefficient (Wildman–Crippen LogP) is 1.59. The molecule has 1 amide bonds. The number of ether oxygens (including phenoxy) is 1. The maximum absolute atomic E-state index is 12.6. The van der Waals surface area contributed by atoms with Crippen LogP contribution >= 0.6 is 0 Å². The molecule has 0 saturated carbocycles. The normalized spacial score (nSPS) is 10.9. The van der Waals surface area contributed by atoms with Gasteiger partial charge in [0.2, 0.25) is 0 Å². The zero-order chi connectivity index (χ0) is 17.0. The van der Waals surface area contributed by atoms with Crippen molar-refractivity contribution in [1.82, 2.24) is 9.88 Å². The van der Waals surface area contributed by atoms with Crippen LogP contribution in [0, 0.1) is 0 Å². The number of methoxy groups -OCH3 is 1. The number of hydrogen-bond acceptors (Lipinski definition) is 5. The number of hydrogen-bond donors (Lipinski definition) is 1. The zero-order valence-electron chi connectivity index (χ0n) is 13.0. The molecular formula is C15H17N3O4S. The standard InChI is InChI=1S/C15H17N3O4S/c1-18(2)15(19)11-6-7-13(22-3)14(9-11)23(20,21)17-12-5-4-8-16-10-12/h4-10,17H,1-3H3. The highest BCUT2D eigenvalue weighted by Gasteiger charge is 2.22. The third kappa shape index (κ3) is 3.78. The van der Waals surface area contributed by atoms with E-state index in [0.717, 1.165) is 0 Å². The first-order valence-corrected chi connectivity index (χ1v) is 8.16. The Hall–Kier alpha value is -2.61. The van der Waals surface area contributed by atoms with Crippen molar-refractivity contribution in [2.45, 2.75) is 4.90 Å². The summed E-state index contributed by atoms with van der Waals surface area (Å²) >= 11 is 0. The third-order valence-electron chi connectivity index (χ3n) is 3.02. The fourth-order valence-electron chi connectivity index (χ4n) is 1.91. The number of rotatable bonds is 5. The van der Waals surface area contributed by atoms with Gasteiger partial charge >= 0.3 is 0 Å². The lowest BCUT2D eigenvalue weighted by atomic mass is 10.2. The smallest absolute Gasteiger partial charge is 0.265 e. The summed E-state index contributed by atoms with van der Waals surface area (Å²) in [6, 6.07) is 7.45. The monoisotopic (exact) mass is 335 g/mol. The van der Waals surface area contributed by atoms with Crippen molar-refractivity contribution in [2.24, 2.45) is 0 Å². The first kappa shape index (κ1) is 16.8. The summed E-state index contributed by atoms with van der Waals surface area (Å²) in [4.78, 5) is 17.2. The number of nitrogens with zero attached hydrogens (tertiary/aromatic N) is 2. The molecular weight excluding hydrogens is 318 g/mol. The Balaban J connectivity index is 2.47. The highest BCUT2D eigenvalue weighted by Crippen LogP contribution is 2.27. The molecule has 2 aromatic rings. The van der Waals surface area contributed by atoms with Crippen LogP contribution in [-0.4, -0.2) is 45.4 Å². The molecule has 0 bridgehead atoms. The first-order valence-electron chi connectivity index (χ1n) is 6.67. The number of sulfonamides is 1. The van der Waals surface area contributed by atoms with Crippen molar-refractivity contribution in [3.63, 3.8) is 0 Å². The Morgan fingerprint density at radius 2 is 2.00 bits per heavy atom. The predicted molar refractivity (Wildman–Crippen MR) is 86.1 cm³/mol. The molecule has 1 aromatic heterocycles. The molecule has 1 heterocycles. The highest BCUT2D eigenvalue weighted by molar-refractivity contribution is 7.92. The van der Waals surface area contributed by atoms with E-state index in [1.807, 2.05) is 0 Å². The van der Waals surface area contributed by atoms with E-state index < -0.39 is 10.0 Å². The average molecular weight is 335 g/mol. The van der Waals surface area contributed by atoms with Gasteiger partial charge in [-0.15, -0.1) is 0 Å². The minimum absolute atomic E-state index is 0.114. The van der Waals surface area contributed by atoms with Gasteiger partial charge in [-0.3, -0.25) is 14.5 Å². The number of carbonyl (C=O) groups excluding carboxylic acids is 1. The summed E-state index contributed by atoms with van der Waals surface area (Å²) < 4.78 is 32.7. The van der Waals surface area contributed by atoms with E-state index in [9.17, 15) is 13.2 Å². The lowest BCUT2D eigenvalue weighted by Gasteiger charge is -2.14. The second kappa shape index (κ2) is 6.66. The van der Waals surface area contributed by atoms with E-state index >= 15 is 0 Å². The number of amides is 1. The van der Waals surface area contributed by atoms with Crippen molar-refractivity contribution < 1.29 is 17.9 Å². The van der Waals surface area contributed by atoms with Crippen LogP contribution < -0.4 is 9.46 Å². The van der Waals surface area contributed by atoms with Gasteiger partial charge in [0.15, 0.2) is 0 Å². The molecule has 1 aromatic carbocycles. The summed E-state index contributed by atoms with van der Waals surface area (Å²) in [6.45, 7) is 0. The second-order valence-corrected chi connectivity index (χ2v) is 6.56. The summed E-state index contributed by atoms with van der Waals surface area (Å²) in [5.41, 5.74) is 0.571. The van der Waals surface area contributed by atoms with Crippen LogP contribution in [0.5, 0.6) is 5.75 Å². The fourth-order valence-corrected chi connectivity index (χ4v) is 3.15. The molecule has 1 N–H and O–H groups in total. The van der Waals surface area contributed by atoms with Gasteiger partial charge in [-0.05, 0) is 30.3 Å². The quantitative estimate of drug-likeness (QED) is 0.896. The summed E-state index contributed by atoms with van der Waals surface area (Å²) in [5, 5.41) is 0. The number of aromatic nitrogens is 1. The Bertz CT molecular complexity index is 805. The molecule has 0 spiro atoms. The molecule has 0 fully saturated rings. The van der Waals surface area contributed by atoms with E-state index in [1.165, 1.54) is 42.6 Å². The summed E-state index contributed by atoms with van der Waals surface area (Å²) in [7, 11) is 0.627. The number of pyridine rings is 1. The van der Waals surface area contributed by atoms with Crippen LogP contribution in [0.25, 0.3) is 0 Å². The molecule has 0 aliphatic rings. The van der Waals surface area contributed by atoms with Crippen molar-refractivity contribution >= 4 is 21.6 Å². The van der Waals surface area contributed by atoms with E-state index in [1.54, 1.807) is 26.2 Å². The Kier molecular flexibility index (Phi) is 4.85. The van der Waals surface area contributed by atoms with Crippen LogP contribution in [0.1, 0.15) is 10.4 Å². The van der Waals surface area contributed by atoms with Crippen LogP contribution in [0.4, 0.5) is 5.69 Å². The number of benzene rings is 1. The largest absolute Gasteiger partial charge is 0.495 e. The maximum Gasteiger partial charge on any atom is 0.265 e. The molecule has 8 heteroatoms. The van der Waals surface area contributed by atoms with Gasteiger partial charge in [0.1, 0.15) is 10.6 Å². The van der Waals surface area contributed by atoms with E-state index in [2.05, 4.69) is 9.71 Å². The molecule has 122 valence electrons. The van der Waals surface area contributed by atoms with Gasteiger partial charge in [-0.25, -0.2) is 8.42 Å². The van der Waals surface area contributed by atoms with Crippen molar-refractivity contribution in [3.05, 3.63) is 48.3 Å². The maximum atomic E-state index is 12.6. The van der Waals surface area contributed by atoms with Gasteiger partial charge in [0, 0.05) is 25.9 Å². The van der Waals surface area contributed by atoms with Crippen molar-refractivity contribution in [3.8, 4) is 5.75 Å². The second-order valence-electron chi connectivity index (χ2n) is 4.91. The van der Waals surface area contributed by atoms with Gasteiger partial charge in [-0.1, -0.05) is 0 Å². The van der Waals surface area contributed by atoms with Gasteiger partial charge in [0.25, 0.3) is 15.9 Å². The zero-order valence-corrected chi connectivity index (χ0v) is 13.8. The molecule has 2 rings (SSSR count). The van der Waals surface area contributed by atoms with Crippen LogP contribution in [-0.2, 0) is 10.0 Å². The van der Waals surface area contributed by atoms with Gasteiger partial charge < -0.3 is 9.64 Å². The Morgan fingerprint density at radius 1 is 1.26 bits per heavy atom. The topological polar surface area (TPSA) is 88.6 Å².